The first-order valence-corrected chi connectivity index (χ1v) is 13.2. The highest BCUT2D eigenvalue weighted by molar-refractivity contribution is 7.15. The SMILES string of the molecule is Cc1cc(-c2cnc(C3(O)CCC(C(N)=O)CC3)s2)cc(N(c2ccc(=O)[nH]c2)c2nccc(C(F)(F)F)n2)c1. The summed E-state index contributed by atoms with van der Waals surface area (Å²) in [7, 11) is 0. The predicted molar refractivity (Wildman–Crippen MR) is 143 cm³/mol. The number of amides is 1. The van der Waals surface area contributed by atoms with Gasteiger partial charge in [0, 0.05) is 30.6 Å². The number of primary amides is 1. The Bertz CT molecular complexity index is 1590. The van der Waals surface area contributed by atoms with E-state index in [-0.39, 0.29) is 23.3 Å². The number of halogens is 3. The smallest absolute Gasteiger partial charge is 0.383 e. The van der Waals surface area contributed by atoms with Crippen molar-refractivity contribution in [2.24, 2.45) is 11.7 Å². The van der Waals surface area contributed by atoms with E-state index in [4.69, 9.17) is 5.73 Å². The molecule has 3 aromatic heterocycles. The summed E-state index contributed by atoms with van der Waals surface area (Å²) >= 11 is 1.31. The van der Waals surface area contributed by atoms with Crippen LogP contribution in [0.15, 0.2) is 59.8 Å². The number of carbonyl (C=O) groups is 1. The fourth-order valence-corrected chi connectivity index (χ4v) is 5.84. The zero-order valence-corrected chi connectivity index (χ0v) is 22.1. The molecule has 1 amide bonds. The monoisotopic (exact) mass is 570 g/mol. The number of pyridine rings is 1. The van der Waals surface area contributed by atoms with Crippen LogP contribution < -0.4 is 16.2 Å². The molecule has 208 valence electrons. The van der Waals surface area contributed by atoms with Gasteiger partial charge in [-0.05, 0) is 68.0 Å². The Hall–Kier alpha value is -4.10. The zero-order valence-electron chi connectivity index (χ0n) is 21.3. The number of hydrogen-bond acceptors (Lipinski definition) is 8. The molecule has 0 radical (unpaired) electrons. The van der Waals surface area contributed by atoms with Crippen molar-refractivity contribution in [2.45, 2.75) is 44.4 Å². The van der Waals surface area contributed by atoms with Gasteiger partial charge < -0.3 is 15.8 Å². The normalized spacial score (nSPS) is 19.4. The van der Waals surface area contributed by atoms with E-state index >= 15 is 0 Å². The minimum Gasteiger partial charge on any atom is -0.383 e. The van der Waals surface area contributed by atoms with Crippen LogP contribution in [0.4, 0.5) is 30.5 Å². The van der Waals surface area contributed by atoms with Crippen molar-refractivity contribution in [3.05, 3.63) is 81.6 Å². The van der Waals surface area contributed by atoms with Crippen LogP contribution in [0.3, 0.4) is 0 Å². The molecule has 13 heteroatoms. The first kappa shape index (κ1) is 27.5. The Morgan fingerprint density at radius 1 is 1.15 bits per heavy atom. The Morgan fingerprint density at radius 3 is 2.55 bits per heavy atom. The van der Waals surface area contributed by atoms with E-state index in [9.17, 15) is 27.9 Å². The first-order chi connectivity index (χ1) is 18.9. The molecular weight excluding hydrogens is 545 g/mol. The Morgan fingerprint density at radius 2 is 1.90 bits per heavy atom. The molecule has 9 nitrogen and oxygen atoms in total. The highest BCUT2D eigenvalue weighted by atomic mass is 32.1. The molecule has 0 atom stereocenters. The van der Waals surface area contributed by atoms with Gasteiger partial charge in [0.1, 0.15) is 16.3 Å². The second kappa shape index (κ2) is 10.5. The molecule has 0 unspecified atom stereocenters. The molecule has 3 heterocycles. The molecular formula is C27H25F3N6O3S. The molecule has 1 aliphatic carbocycles. The highest BCUT2D eigenvalue weighted by Crippen LogP contribution is 2.43. The number of nitrogens with zero attached hydrogens (tertiary/aromatic N) is 4. The number of nitrogens with two attached hydrogens (primary N) is 1. The van der Waals surface area contributed by atoms with Crippen molar-refractivity contribution in [2.75, 3.05) is 4.90 Å². The fourth-order valence-electron chi connectivity index (χ4n) is 4.79. The van der Waals surface area contributed by atoms with E-state index in [1.54, 1.807) is 18.3 Å². The van der Waals surface area contributed by atoms with E-state index < -0.39 is 17.5 Å². The lowest BCUT2D eigenvalue weighted by molar-refractivity contribution is -0.141. The number of aryl methyl sites for hydroxylation is 1. The molecule has 5 rings (SSSR count). The van der Waals surface area contributed by atoms with Gasteiger partial charge in [0.2, 0.25) is 17.4 Å². The molecule has 40 heavy (non-hydrogen) atoms. The van der Waals surface area contributed by atoms with Gasteiger partial charge in [-0.25, -0.2) is 15.0 Å². The lowest BCUT2D eigenvalue weighted by Gasteiger charge is -2.33. The van der Waals surface area contributed by atoms with Crippen LogP contribution in [-0.4, -0.2) is 30.9 Å². The maximum atomic E-state index is 13.5. The van der Waals surface area contributed by atoms with Crippen LogP contribution in [0.1, 0.15) is 41.9 Å². The second-order valence-electron chi connectivity index (χ2n) is 9.78. The summed E-state index contributed by atoms with van der Waals surface area (Å²) in [6.07, 6.45) is 1.03. The first-order valence-electron chi connectivity index (χ1n) is 12.4. The number of nitrogens with one attached hydrogen (secondary N) is 1. The summed E-state index contributed by atoms with van der Waals surface area (Å²) < 4.78 is 40.4. The van der Waals surface area contributed by atoms with Crippen LogP contribution in [0.5, 0.6) is 0 Å². The third-order valence-corrected chi connectivity index (χ3v) is 8.12. The largest absolute Gasteiger partial charge is 0.433 e. The van der Waals surface area contributed by atoms with Crippen LogP contribution in [0.25, 0.3) is 10.4 Å². The predicted octanol–water partition coefficient (Wildman–Crippen LogP) is 4.95. The highest BCUT2D eigenvalue weighted by Gasteiger charge is 2.39. The topological polar surface area (TPSA) is 138 Å². The summed E-state index contributed by atoms with van der Waals surface area (Å²) in [6.45, 7) is 1.84. The number of aromatic nitrogens is 4. The fraction of sp³-hybridized carbons (Fsp3) is 0.296. The second-order valence-corrected chi connectivity index (χ2v) is 10.8. The number of H-pyrrole nitrogens is 1. The van der Waals surface area contributed by atoms with Gasteiger partial charge in [-0.2, -0.15) is 13.2 Å². The Kier molecular flexibility index (Phi) is 7.19. The molecule has 4 aromatic rings. The van der Waals surface area contributed by atoms with E-state index in [1.807, 2.05) is 13.0 Å². The van der Waals surface area contributed by atoms with Crippen LogP contribution >= 0.6 is 11.3 Å². The van der Waals surface area contributed by atoms with Crippen molar-refractivity contribution in [1.82, 2.24) is 19.9 Å². The molecule has 1 aliphatic rings. The molecule has 1 saturated carbocycles. The average molecular weight is 571 g/mol. The van der Waals surface area contributed by atoms with Crippen molar-refractivity contribution in [3.8, 4) is 10.4 Å². The molecule has 0 spiro atoms. The number of benzene rings is 1. The van der Waals surface area contributed by atoms with Gasteiger partial charge in [-0.1, -0.05) is 6.07 Å². The summed E-state index contributed by atoms with van der Waals surface area (Å²) in [5.74, 6) is -0.870. The lowest BCUT2D eigenvalue weighted by atomic mass is 9.79. The van der Waals surface area contributed by atoms with Gasteiger partial charge >= 0.3 is 6.18 Å². The number of alkyl halides is 3. The average Bonchev–Trinajstić information content (AvgIpc) is 3.41. The maximum Gasteiger partial charge on any atom is 0.433 e. The maximum absolute atomic E-state index is 13.5. The Balaban J connectivity index is 1.55. The molecule has 0 bridgehead atoms. The van der Waals surface area contributed by atoms with E-state index in [0.717, 1.165) is 28.3 Å². The van der Waals surface area contributed by atoms with Gasteiger partial charge in [-0.3, -0.25) is 14.5 Å². The Labute approximate surface area is 230 Å². The minimum absolute atomic E-state index is 0.232. The number of rotatable bonds is 6. The molecule has 0 aliphatic heterocycles. The number of aromatic amines is 1. The number of aliphatic hydroxyl groups is 1. The van der Waals surface area contributed by atoms with Crippen molar-refractivity contribution >= 4 is 34.6 Å². The summed E-state index contributed by atoms with van der Waals surface area (Å²) in [5, 5.41) is 11.8. The quantitative estimate of drug-likeness (QED) is 0.298. The van der Waals surface area contributed by atoms with E-state index in [2.05, 4.69) is 19.9 Å². The molecule has 4 N–H and O–H groups in total. The standard InChI is InChI=1S/C27H25F3N6O3S/c1-15-10-17(20-14-34-24(40-20)26(39)7-4-16(5-8-26)23(31)38)12-19(11-15)36(18-2-3-22(37)33-13-18)25-32-9-6-21(35-25)27(28,29)30/h2-3,6,9-14,16,39H,4-5,7-8H2,1H3,(H2,31,38)(H,33,37). The number of carbonyl (C=O) groups excluding carboxylic acids is 1. The summed E-state index contributed by atoms with van der Waals surface area (Å²) in [6, 6.07) is 8.93. The van der Waals surface area contributed by atoms with Gasteiger partial charge in [0.25, 0.3) is 0 Å². The van der Waals surface area contributed by atoms with Crippen molar-refractivity contribution in [1.29, 1.82) is 0 Å². The van der Waals surface area contributed by atoms with Gasteiger partial charge in [0.05, 0.1) is 16.3 Å². The molecule has 0 saturated heterocycles. The van der Waals surface area contributed by atoms with Gasteiger partial charge in [0.15, 0.2) is 0 Å². The van der Waals surface area contributed by atoms with Crippen LogP contribution in [-0.2, 0) is 16.6 Å². The van der Waals surface area contributed by atoms with Crippen molar-refractivity contribution < 1.29 is 23.1 Å². The van der Waals surface area contributed by atoms with Gasteiger partial charge in [-0.15, -0.1) is 11.3 Å². The van der Waals surface area contributed by atoms with Crippen LogP contribution in [0, 0.1) is 12.8 Å². The van der Waals surface area contributed by atoms with E-state index in [1.165, 1.54) is 34.6 Å². The zero-order chi connectivity index (χ0) is 28.7. The van der Waals surface area contributed by atoms with Crippen molar-refractivity contribution in [3.63, 3.8) is 0 Å². The third-order valence-electron chi connectivity index (χ3n) is 6.88. The molecule has 1 fully saturated rings. The number of thiazole rings is 1. The lowest BCUT2D eigenvalue weighted by Crippen LogP contribution is -2.35. The summed E-state index contributed by atoms with van der Waals surface area (Å²) in [5.41, 5.74) is 5.09. The molecule has 1 aromatic carbocycles. The van der Waals surface area contributed by atoms with E-state index in [0.29, 0.717) is 42.1 Å². The summed E-state index contributed by atoms with van der Waals surface area (Å²) in [4.78, 5) is 40.3. The minimum atomic E-state index is -4.68. The third kappa shape index (κ3) is 5.61. The van der Waals surface area contributed by atoms with Crippen LogP contribution in [0.2, 0.25) is 0 Å². The number of hydrogen-bond donors (Lipinski definition) is 3. The number of anilines is 3.